The lowest BCUT2D eigenvalue weighted by Crippen LogP contribution is -2.43. The van der Waals surface area contributed by atoms with Crippen LogP contribution in [0.1, 0.15) is 31.1 Å². The first kappa shape index (κ1) is 18.2. The van der Waals surface area contributed by atoms with Crippen LogP contribution in [-0.4, -0.2) is 22.3 Å². The zero-order valence-corrected chi connectivity index (χ0v) is 14.8. The molecule has 1 aliphatic heterocycles. The van der Waals surface area contributed by atoms with E-state index in [4.69, 9.17) is 4.74 Å². The number of phenolic OH excluding ortho intramolecular Hbond substituents is 1. The van der Waals surface area contributed by atoms with E-state index in [1.807, 2.05) is 13.8 Å². The molecule has 3 rings (SSSR count). The van der Waals surface area contributed by atoms with E-state index < -0.39 is 6.10 Å². The molecule has 1 aliphatic rings. The molecule has 0 spiro atoms. The molecule has 0 saturated carbocycles. The third-order valence-electron chi connectivity index (χ3n) is 4.29. The molecule has 0 saturated heterocycles. The number of ether oxygens (including phenoxy) is 1. The molecule has 26 heavy (non-hydrogen) atoms. The highest BCUT2D eigenvalue weighted by molar-refractivity contribution is 5.66. The second kappa shape index (κ2) is 7.35. The minimum absolute atomic E-state index is 0.0507. The van der Waals surface area contributed by atoms with Crippen LogP contribution in [0.3, 0.4) is 0 Å². The SMILES string of the molecule is CC(C)(Cc1ccc(F)cc1)NCC(O)c1cc(O)cc2c1OC=CN2. The Balaban J connectivity index is 1.67. The van der Waals surface area contributed by atoms with Crippen LogP contribution >= 0.6 is 0 Å². The average Bonchev–Trinajstić information content (AvgIpc) is 2.61. The van der Waals surface area contributed by atoms with E-state index in [1.165, 1.54) is 24.5 Å². The molecule has 0 aliphatic carbocycles. The minimum atomic E-state index is -0.864. The van der Waals surface area contributed by atoms with Crippen LogP contribution in [0.25, 0.3) is 0 Å². The molecular weight excluding hydrogens is 335 g/mol. The van der Waals surface area contributed by atoms with Gasteiger partial charge in [-0.05, 0) is 44.0 Å². The molecule has 4 N–H and O–H groups in total. The molecule has 1 atom stereocenters. The Morgan fingerprint density at radius 2 is 1.96 bits per heavy atom. The Bertz CT molecular complexity index is 803. The Labute approximate surface area is 152 Å². The fourth-order valence-electron chi connectivity index (χ4n) is 3.01. The number of aromatic hydroxyl groups is 1. The van der Waals surface area contributed by atoms with Crippen molar-refractivity contribution in [2.75, 3.05) is 11.9 Å². The molecule has 138 valence electrons. The average molecular weight is 358 g/mol. The monoisotopic (exact) mass is 358 g/mol. The van der Waals surface area contributed by atoms with E-state index in [0.29, 0.717) is 23.4 Å². The number of aliphatic hydroxyl groups excluding tert-OH is 1. The van der Waals surface area contributed by atoms with Crippen molar-refractivity contribution in [3.63, 3.8) is 0 Å². The molecule has 0 fully saturated rings. The quantitative estimate of drug-likeness (QED) is 0.637. The lowest BCUT2D eigenvalue weighted by atomic mass is 9.94. The Morgan fingerprint density at radius 1 is 1.23 bits per heavy atom. The van der Waals surface area contributed by atoms with Gasteiger partial charge in [-0.3, -0.25) is 0 Å². The van der Waals surface area contributed by atoms with Crippen molar-refractivity contribution in [1.82, 2.24) is 5.32 Å². The third-order valence-corrected chi connectivity index (χ3v) is 4.29. The van der Waals surface area contributed by atoms with E-state index in [9.17, 15) is 14.6 Å². The Kier molecular flexibility index (Phi) is 5.15. The molecule has 0 bridgehead atoms. The molecule has 6 heteroatoms. The predicted octanol–water partition coefficient (Wildman–Crippen LogP) is 3.45. The molecular formula is C20H23FN2O3. The first-order valence-corrected chi connectivity index (χ1v) is 8.47. The number of β-amino-alcohol motifs (C(OH)–C–C–N with tert-alkyl or cyclic N) is 1. The highest BCUT2D eigenvalue weighted by Gasteiger charge is 2.23. The van der Waals surface area contributed by atoms with Gasteiger partial charge in [-0.2, -0.15) is 0 Å². The fourth-order valence-corrected chi connectivity index (χ4v) is 3.01. The van der Waals surface area contributed by atoms with Gasteiger partial charge in [0.1, 0.15) is 17.8 Å². The van der Waals surface area contributed by atoms with Crippen molar-refractivity contribution in [2.45, 2.75) is 31.9 Å². The summed E-state index contributed by atoms with van der Waals surface area (Å²) < 4.78 is 18.5. The highest BCUT2D eigenvalue weighted by atomic mass is 19.1. The number of fused-ring (bicyclic) bond motifs is 1. The zero-order chi connectivity index (χ0) is 18.7. The van der Waals surface area contributed by atoms with Crippen molar-refractivity contribution >= 4 is 5.69 Å². The molecule has 1 unspecified atom stereocenters. The smallest absolute Gasteiger partial charge is 0.156 e. The summed E-state index contributed by atoms with van der Waals surface area (Å²) in [5, 5.41) is 26.8. The first-order chi connectivity index (χ1) is 12.3. The van der Waals surface area contributed by atoms with Crippen LogP contribution in [0, 0.1) is 5.82 Å². The summed E-state index contributed by atoms with van der Waals surface area (Å²) in [5.41, 5.74) is 1.80. The molecule has 0 radical (unpaired) electrons. The molecule has 0 amide bonds. The maximum atomic E-state index is 13.0. The van der Waals surface area contributed by atoms with Gasteiger partial charge < -0.3 is 25.6 Å². The third kappa shape index (κ3) is 4.33. The topological polar surface area (TPSA) is 73.8 Å². The van der Waals surface area contributed by atoms with Crippen LogP contribution in [0.4, 0.5) is 10.1 Å². The number of phenols is 1. The van der Waals surface area contributed by atoms with E-state index in [0.717, 1.165) is 5.56 Å². The van der Waals surface area contributed by atoms with Gasteiger partial charge in [-0.1, -0.05) is 12.1 Å². The maximum absolute atomic E-state index is 13.0. The number of nitrogens with one attached hydrogen (secondary N) is 2. The van der Waals surface area contributed by atoms with Gasteiger partial charge in [0.25, 0.3) is 0 Å². The molecule has 1 heterocycles. The fraction of sp³-hybridized carbons (Fsp3) is 0.300. The van der Waals surface area contributed by atoms with Crippen molar-refractivity contribution in [2.24, 2.45) is 0 Å². The van der Waals surface area contributed by atoms with E-state index in [1.54, 1.807) is 24.4 Å². The van der Waals surface area contributed by atoms with Gasteiger partial charge in [0.05, 0.1) is 11.8 Å². The number of hydrogen-bond acceptors (Lipinski definition) is 5. The van der Waals surface area contributed by atoms with Crippen LogP contribution in [0.2, 0.25) is 0 Å². The number of benzene rings is 2. The molecule has 2 aromatic carbocycles. The second-order valence-electron chi connectivity index (χ2n) is 7.06. The predicted molar refractivity (Wildman–Crippen MR) is 98.6 cm³/mol. The summed E-state index contributed by atoms with van der Waals surface area (Å²) in [6, 6.07) is 9.44. The number of rotatable bonds is 6. The van der Waals surface area contributed by atoms with Gasteiger partial charge in [0, 0.05) is 29.9 Å². The van der Waals surface area contributed by atoms with Crippen molar-refractivity contribution < 1.29 is 19.3 Å². The lowest BCUT2D eigenvalue weighted by Gasteiger charge is -2.29. The maximum Gasteiger partial charge on any atom is 0.156 e. The second-order valence-corrected chi connectivity index (χ2v) is 7.06. The van der Waals surface area contributed by atoms with Gasteiger partial charge in [0.15, 0.2) is 5.75 Å². The van der Waals surface area contributed by atoms with Crippen molar-refractivity contribution in [1.29, 1.82) is 0 Å². The Hall–Kier alpha value is -2.57. The van der Waals surface area contributed by atoms with Crippen LogP contribution in [0.15, 0.2) is 48.9 Å². The molecule has 5 nitrogen and oxygen atoms in total. The number of halogens is 1. The van der Waals surface area contributed by atoms with Gasteiger partial charge in [-0.15, -0.1) is 0 Å². The molecule has 0 aromatic heterocycles. The van der Waals surface area contributed by atoms with Crippen LogP contribution in [0.5, 0.6) is 11.5 Å². The number of hydrogen-bond donors (Lipinski definition) is 4. The highest BCUT2D eigenvalue weighted by Crippen LogP contribution is 2.38. The van der Waals surface area contributed by atoms with Gasteiger partial charge in [-0.25, -0.2) is 4.39 Å². The van der Waals surface area contributed by atoms with Gasteiger partial charge >= 0.3 is 0 Å². The zero-order valence-electron chi connectivity index (χ0n) is 14.8. The summed E-state index contributed by atoms with van der Waals surface area (Å²) in [4.78, 5) is 0. The summed E-state index contributed by atoms with van der Waals surface area (Å²) in [5.74, 6) is 0.289. The largest absolute Gasteiger partial charge is 0.508 e. The lowest BCUT2D eigenvalue weighted by molar-refractivity contribution is 0.157. The summed E-state index contributed by atoms with van der Waals surface area (Å²) in [6.45, 7) is 4.31. The summed E-state index contributed by atoms with van der Waals surface area (Å²) >= 11 is 0. The minimum Gasteiger partial charge on any atom is -0.508 e. The molecule has 2 aromatic rings. The van der Waals surface area contributed by atoms with Crippen LogP contribution < -0.4 is 15.4 Å². The van der Waals surface area contributed by atoms with Crippen molar-refractivity contribution in [3.8, 4) is 11.5 Å². The van der Waals surface area contributed by atoms with E-state index in [2.05, 4.69) is 10.6 Å². The number of anilines is 1. The normalized spacial score (nSPS) is 14.3. The first-order valence-electron chi connectivity index (χ1n) is 8.47. The van der Waals surface area contributed by atoms with Gasteiger partial charge in [0.2, 0.25) is 0 Å². The summed E-state index contributed by atoms with van der Waals surface area (Å²) in [7, 11) is 0. The van der Waals surface area contributed by atoms with Crippen LogP contribution in [-0.2, 0) is 6.42 Å². The van der Waals surface area contributed by atoms with E-state index >= 15 is 0 Å². The van der Waals surface area contributed by atoms with E-state index in [-0.39, 0.29) is 23.7 Å². The standard InChI is InChI=1S/C20H23FN2O3/c1-20(2,11-13-3-5-14(21)6-4-13)23-12-18(25)16-9-15(24)10-17-19(16)26-8-7-22-17/h3-10,18,22-25H,11-12H2,1-2H3. The summed E-state index contributed by atoms with van der Waals surface area (Å²) in [6.07, 6.45) is 2.92. The Morgan fingerprint density at radius 3 is 2.69 bits per heavy atom. The number of aliphatic hydroxyl groups is 1. The van der Waals surface area contributed by atoms with Crippen molar-refractivity contribution in [3.05, 3.63) is 65.8 Å².